The minimum Gasteiger partial charge on any atom is -0.246 e. The summed E-state index contributed by atoms with van der Waals surface area (Å²) in [4.78, 5) is 4.62. The summed E-state index contributed by atoms with van der Waals surface area (Å²) >= 11 is 30.3. The highest BCUT2D eigenvalue weighted by Crippen LogP contribution is 2.34. The van der Waals surface area contributed by atoms with Gasteiger partial charge in [0.2, 0.25) is 0 Å². The minimum atomic E-state index is 0.446. The number of pyridine rings is 1. The van der Waals surface area contributed by atoms with Crippen molar-refractivity contribution < 1.29 is 0 Å². The highest BCUT2D eigenvalue weighted by atomic mass is 35.5. The lowest BCUT2D eigenvalue weighted by Crippen LogP contribution is -1.90. The second-order valence-electron chi connectivity index (χ2n) is 4.78. The zero-order valence-electron chi connectivity index (χ0n) is 11.5. The topological polar surface area (TPSA) is 12.9 Å². The van der Waals surface area contributed by atoms with E-state index in [2.05, 4.69) is 4.98 Å². The molecule has 3 aromatic rings. The average Bonchev–Trinajstić information content (AvgIpc) is 2.53. The molecule has 0 radical (unpaired) electrons. The van der Waals surface area contributed by atoms with Crippen LogP contribution < -0.4 is 0 Å². The third-order valence-corrected chi connectivity index (χ3v) is 5.04. The first-order chi connectivity index (χ1) is 11.0. The number of nitrogens with zero attached hydrogens (tertiary/aromatic N) is 1. The molecule has 0 N–H and O–H groups in total. The molecule has 0 spiro atoms. The smallest absolute Gasteiger partial charge is 0.0896 e. The van der Waals surface area contributed by atoms with Crippen molar-refractivity contribution in [1.29, 1.82) is 0 Å². The lowest BCUT2D eigenvalue weighted by atomic mass is 10.1. The van der Waals surface area contributed by atoms with Gasteiger partial charge in [0.25, 0.3) is 0 Å². The Labute approximate surface area is 158 Å². The van der Waals surface area contributed by atoms with Crippen molar-refractivity contribution in [1.82, 2.24) is 4.98 Å². The molecule has 0 bridgehead atoms. The third kappa shape index (κ3) is 3.60. The van der Waals surface area contributed by atoms with Gasteiger partial charge in [0.05, 0.1) is 36.5 Å². The summed E-state index contributed by atoms with van der Waals surface area (Å²) in [5.41, 5.74) is 2.98. The molecule has 0 atom stereocenters. The van der Waals surface area contributed by atoms with E-state index in [1.807, 2.05) is 18.2 Å². The lowest BCUT2D eigenvalue weighted by molar-refractivity contribution is 1.32. The van der Waals surface area contributed by atoms with E-state index in [0.29, 0.717) is 30.8 Å². The molecule has 2 aromatic carbocycles. The Morgan fingerprint density at radius 2 is 1.04 bits per heavy atom. The van der Waals surface area contributed by atoms with Crippen molar-refractivity contribution in [3.8, 4) is 22.5 Å². The van der Waals surface area contributed by atoms with Crippen LogP contribution in [0.1, 0.15) is 0 Å². The Bertz CT molecular complexity index is 892. The SMILES string of the molecule is Clc1ccc(-c2ccc(Cl)c(-c3ccc(Cl)c(Cl)c3)n2)cc1Cl. The van der Waals surface area contributed by atoms with Crippen LogP contribution in [0.15, 0.2) is 48.5 Å². The van der Waals surface area contributed by atoms with Gasteiger partial charge in [-0.2, -0.15) is 0 Å². The van der Waals surface area contributed by atoms with Crippen LogP contribution in [-0.4, -0.2) is 4.98 Å². The zero-order chi connectivity index (χ0) is 16.6. The number of halogens is 5. The highest BCUT2D eigenvalue weighted by Gasteiger charge is 2.11. The molecule has 0 saturated heterocycles. The van der Waals surface area contributed by atoms with E-state index in [0.717, 1.165) is 16.8 Å². The van der Waals surface area contributed by atoms with Gasteiger partial charge in [-0.25, -0.2) is 4.98 Å². The second-order valence-corrected chi connectivity index (χ2v) is 6.82. The molecule has 6 heteroatoms. The van der Waals surface area contributed by atoms with Crippen LogP contribution in [0, 0.1) is 0 Å². The predicted octanol–water partition coefficient (Wildman–Crippen LogP) is 7.68. The number of benzene rings is 2. The normalized spacial score (nSPS) is 10.8. The van der Waals surface area contributed by atoms with E-state index in [4.69, 9.17) is 58.0 Å². The molecule has 23 heavy (non-hydrogen) atoms. The molecule has 0 fully saturated rings. The maximum absolute atomic E-state index is 6.28. The van der Waals surface area contributed by atoms with Crippen LogP contribution in [0.5, 0.6) is 0 Å². The summed E-state index contributed by atoms with van der Waals surface area (Å²) in [6, 6.07) is 14.2. The Balaban J connectivity index is 2.11. The van der Waals surface area contributed by atoms with Crippen LogP contribution in [0.3, 0.4) is 0 Å². The molecule has 116 valence electrons. The van der Waals surface area contributed by atoms with E-state index in [1.165, 1.54) is 0 Å². The van der Waals surface area contributed by atoms with Gasteiger partial charge in [0, 0.05) is 11.1 Å². The van der Waals surface area contributed by atoms with Gasteiger partial charge in [-0.1, -0.05) is 70.1 Å². The summed E-state index contributed by atoms with van der Waals surface area (Å²) < 4.78 is 0. The molecule has 1 aromatic heterocycles. The van der Waals surface area contributed by atoms with Crippen LogP contribution >= 0.6 is 58.0 Å². The van der Waals surface area contributed by atoms with Crippen molar-refractivity contribution in [2.24, 2.45) is 0 Å². The van der Waals surface area contributed by atoms with Gasteiger partial charge < -0.3 is 0 Å². The molecule has 0 aliphatic carbocycles. The summed E-state index contributed by atoms with van der Waals surface area (Å²) in [7, 11) is 0. The molecule has 1 nitrogen and oxygen atoms in total. The summed E-state index contributed by atoms with van der Waals surface area (Å²) in [6.45, 7) is 0. The number of hydrogen-bond acceptors (Lipinski definition) is 1. The van der Waals surface area contributed by atoms with Gasteiger partial charge in [0.1, 0.15) is 0 Å². The van der Waals surface area contributed by atoms with E-state index >= 15 is 0 Å². The maximum atomic E-state index is 6.28. The zero-order valence-corrected chi connectivity index (χ0v) is 15.2. The van der Waals surface area contributed by atoms with Crippen LogP contribution in [-0.2, 0) is 0 Å². The fraction of sp³-hybridized carbons (Fsp3) is 0. The molecule has 0 amide bonds. The molecular formula is C17H8Cl5N. The molecule has 0 aliphatic heterocycles. The van der Waals surface area contributed by atoms with Gasteiger partial charge in [-0.15, -0.1) is 0 Å². The standard InChI is InChI=1S/C17H8Cl5N/c18-11-3-1-9(7-14(11)21)16-6-5-13(20)17(23-16)10-2-4-12(19)15(22)8-10/h1-8H. The number of aromatic nitrogens is 1. The Hall–Kier alpha value is -0.960. The first-order valence-corrected chi connectivity index (χ1v) is 8.42. The lowest BCUT2D eigenvalue weighted by Gasteiger charge is -2.09. The first-order valence-electron chi connectivity index (χ1n) is 6.53. The van der Waals surface area contributed by atoms with E-state index in [-0.39, 0.29) is 0 Å². The molecule has 1 heterocycles. The quantitative estimate of drug-likeness (QED) is 0.427. The Morgan fingerprint density at radius 3 is 1.65 bits per heavy atom. The van der Waals surface area contributed by atoms with Crippen molar-refractivity contribution in [2.75, 3.05) is 0 Å². The summed E-state index contributed by atoms with van der Waals surface area (Å²) in [5, 5.41) is 2.41. The molecule has 0 aliphatic rings. The number of hydrogen-bond donors (Lipinski definition) is 0. The highest BCUT2D eigenvalue weighted by molar-refractivity contribution is 6.42. The van der Waals surface area contributed by atoms with Crippen LogP contribution in [0.25, 0.3) is 22.5 Å². The predicted molar refractivity (Wildman–Crippen MR) is 100 cm³/mol. The van der Waals surface area contributed by atoms with Crippen LogP contribution in [0.4, 0.5) is 0 Å². The largest absolute Gasteiger partial charge is 0.246 e. The summed E-state index contributed by atoms with van der Waals surface area (Å²) in [5.74, 6) is 0. The average molecular weight is 404 g/mol. The fourth-order valence-corrected chi connectivity index (χ4v) is 2.91. The third-order valence-electron chi connectivity index (χ3n) is 3.25. The van der Waals surface area contributed by atoms with Gasteiger partial charge in [0.15, 0.2) is 0 Å². The van der Waals surface area contributed by atoms with Crippen molar-refractivity contribution in [3.05, 3.63) is 73.6 Å². The molecule has 0 saturated carbocycles. The van der Waals surface area contributed by atoms with Gasteiger partial charge in [-0.05, 0) is 36.4 Å². The Morgan fingerprint density at radius 1 is 0.522 bits per heavy atom. The maximum Gasteiger partial charge on any atom is 0.0896 e. The monoisotopic (exact) mass is 401 g/mol. The Kier molecular flexibility index (Phi) is 5.05. The van der Waals surface area contributed by atoms with Crippen LogP contribution in [0.2, 0.25) is 25.1 Å². The van der Waals surface area contributed by atoms with E-state index in [9.17, 15) is 0 Å². The van der Waals surface area contributed by atoms with Crippen molar-refractivity contribution in [2.45, 2.75) is 0 Å². The first kappa shape index (κ1) is 16.9. The van der Waals surface area contributed by atoms with Gasteiger partial charge in [-0.3, -0.25) is 0 Å². The molecular weight excluding hydrogens is 395 g/mol. The minimum absolute atomic E-state index is 0.446. The van der Waals surface area contributed by atoms with E-state index < -0.39 is 0 Å². The molecule has 3 rings (SSSR count). The number of rotatable bonds is 2. The second kappa shape index (κ2) is 6.88. The fourth-order valence-electron chi connectivity index (χ4n) is 2.10. The van der Waals surface area contributed by atoms with Crippen molar-refractivity contribution in [3.63, 3.8) is 0 Å². The molecule has 0 unspecified atom stereocenters. The van der Waals surface area contributed by atoms with E-state index in [1.54, 1.807) is 30.3 Å². The van der Waals surface area contributed by atoms with Crippen molar-refractivity contribution >= 4 is 58.0 Å². The van der Waals surface area contributed by atoms with Gasteiger partial charge >= 0.3 is 0 Å². The summed E-state index contributed by atoms with van der Waals surface area (Å²) in [6.07, 6.45) is 0.